The van der Waals surface area contributed by atoms with Gasteiger partial charge in [-0.3, -0.25) is 0 Å². The maximum atomic E-state index is 5.62. The topological polar surface area (TPSA) is 69.9 Å². The fourth-order valence-electron chi connectivity index (χ4n) is 1.57. The molecule has 2 rings (SSSR count). The molecule has 80 valence electrons. The van der Waals surface area contributed by atoms with Gasteiger partial charge in [-0.15, -0.1) is 5.10 Å². The van der Waals surface area contributed by atoms with Gasteiger partial charge < -0.3 is 10.2 Å². The molecular formula is C10H14N4O. The van der Waals surface area contributed by atoms with Crippen LogP contribution in [0.3, 0.4) is 0 Å². The fourth-order valence-corrected chi connectivity index (χ4v) is 1.57. The van der Waals surface area contributed by atoms with Crippen LogP contribution < -0.4 is 5.73 Å². The Hall–Kier alpha value is -1.62. The average molecular weight is 206 g/mol. The van der Waals surface area contributed by atoms with E-state index in [9.17, 15) is 0 Å². The summed E-state index contributed by atoms with van der Waals surface area (Å²) in [5, 5.41) is 8.13. The minimum Gasteiger partial charge on any atom is -0.472 e. The number of nitrogens with two attached hydrogens (primary N) is 1. The van der Waals surface area contributed by atoms with Crippen LogP contribution in [0.25, 0.3) is 11.3 Å². The molecule has 0 amide bonds. The molecule has 0 radical (unpaired) electrons. The molecule has 0 atom stereocenters. The highest BCUT2D eigenvalue weighted by Crippen LogP contribution is 2.22. The second-order valence-corrected chi connectivity index (χ2v) is 3.32. The molecule has 0 aliphatic carbocycles. The van der Waals surface area contributed by atoms with Gasteiger partial charge in [0.05, 0.1) is 18.2 Å². The Bertz CT molecular complexity index is 419. The minimum absolute atomic E-state index is 0.393. The largest absolute Gasteiger partial charge is 0.472 e. The third-order valence-electron chi connectivity index (χ3n) is 2.23. The Kier molecular flexibility index (Phi) is 2.82. The molecule has 0 bridgehead atoms. The zero-order chi connectivity index (χ0) is 10.7. The van der Waals surface area contributed by atoms with Crippen LogP contribution in [0.5, 0.6) is 0 Å². The fraction of sp³-hybridized carbons (Fsp3) is 0.400. The number of aryl methyl sites for hydroxylation is 1. The summed E-state index contributed by atoms with van der Waals surface area (Å²) in [6, 6.07) is 1.89. The highest BCUT2D eigenvalue weighted by molar-refractivity contribution is 5.60. The highest BCUT2D eigenvalue weighted by atomic mass is 16.3. The van der Waals surface area contributed by atoms with Gasteiger partial charge in [-0.2, -0.15) is 0 Å². The van der Waals surface area contributed by atoms with E-state index in [4.69, 9.17) is 10.2 Å². The smallest absolute Gasteiger partial charge is 0.104 e. The molecule has 5 heteroatoms. The van der Waals surface area contributed by atoms with Crippen LogP contribution in [-0.2, 0) is 13.1 Å². The molecule has 0 saturated carbocycles. The van der Waals surface area contributed by atoms with E-state index in [0.717, 1.165) is 29.9 Å². The van der Waals surface area contributed by atoms with E-state index in [0.29, 0.717) is 6.54 Å². The van der Waals surface area contributed by atoms with Gasteiger partial charge in [-0.25, -0.2) is 4.68 Å². The normalized spacial score (nSPS) is 10.8. The van der Waals surface area contributed by atoms with Crippen molar-refractivity contribution in [2.75, 3.05) is 0 Å². The van der Waals surface area contributed by atoms with Crippen LogP contribution in [0.15, 0.2) is 23.0 Å². The van der Waals surface area contributed by atoms with Gasteiger partial charge in [0, 0.05) is 18.7 Å². The van der Waals surface area contributed by atoms with Gasteiger partial charge in [0.1, 0.15) is 5.69 Å². The van der Waals surface area contributed by atoms with Gasteiger partial charge in [0.25, 0.3) is 0 Å². The standard InChI is InChI=1S/C10H14N4O/c1-2-4-14-10(8-3-5-15-7-8)9(6-11)12-13-14/h3,5,7H,2,4,6,11H2,1H3. The Morgan fingerprint density at radius 1 is 1.53 bits per heavy atom. The van der Waals surface area contributed by atoms with Crippen molar-refractivity contribution in [3.05, 3.63) is 24.3 Å². The lowest BCUT2D eigenvalue weighted by molar-refractivity contribution is 0.564. The number of furan rings is 1. The molecule has 0 aromatic carbocycles. The summed E-state index contributed by atoms with van der Waals surface area (Å²) in [4.78, 5) is 0. The SMILES string of the molecule is CCCn1nnc(CN)c1-c1ccoc1. The van der Waals surface area contributed by atoms with Crippen LogP contribution in [0, 0.1) is 0 Å². The van der Waals surface area contributed by atoms with Crippen molar-refractivity contribution in [1.29, 1.82) is 0 Å². The van der Waals surface area contributed by atoms with Gasteiger partial charge >= 0.3 is 0 Å². The lowest BCUT2D eigenvalue weighted by atomic mass is 10.2. The van der Waals surface area contributed by atoms with Crippen LogP contribution in [-0.4, -0.2) is 15.0 Å². The summed E-state index contributed by atoms with van der Waals surface area (Å²) < 4.78 is 6.93. The van der Waals surface area contributed by atoms with Gasteiger partial charge in [0.15, 0.2) is 0 Å². The lowest BCUT2D eigenvalue weighted by Gasteiger charge is -2.03. The van der Waals surface area contributed by atoms with Gasteiger partial charge in [-0.1, -0.05) is 12.1 Å². The molecule has 0 fully saturated rings. The van der Waals surface area contributed by atoms with E-state index in [-0.39, 0.29) is 0 Å². The number of nitrogens with zero attached hydrogens (tertiary/aromatic N) is 3. The average Bonchev–Trinajstić information content (AvgIpc) is 2.85. The Labute approximate surface area is 87.9 Å². The number of aromatic nitrogens is 3. The first-order chi connectivity index (χ1) is 7.36. The van der Waals surface area contributed by atoms with Crippen molar-refractivity contribution >= 4 is 0 Å². The van der Waals surface area contributed by atoms with Gasteiger partial charge in [-0.05, 0) is 12.5 Å². The van der Waals surface area contributed by atoms with Crippen molar-refractivity contribution in [3.63, 3.8) is 0 Å². The van der Waals surface area contributed by atoms with E-state index in [2.05, 4.69) is 17.2 Å². The van der Waals surface area contributed by atoms with Crippen LogP contribution in [0.2, 0.25) is 0 Å². The number of hydrogen-bond donors (Lipinski definition) is 1. The summed E-state index contributed by atoms with van der Waals surface area (Å²) in [6.07, 6.45) is 4.33. The molecule has 0 aliphatic rings. The third kappa shape index (κ3) is 1.78. The molecular weight excluding hydrogens is 192 g/mol. The molecule has 0 aliphatic heterocycles. The molecule has 5 nitrogen and oxygen atoms in total. The Balaban J connectivity index is 2.46. The predicted molar refractivity (Wildman–Crippen MR) is 55.9 cm³/mol. The zero-order valence-electron chi connectivity index (χ0n) is 8.68. The monoisotopic (exact) mass is 206 g/mol. The molecule has 2 aromatic heterocycles. The lowest BCUT2D eigenvalue weighted by Crippen LogP contribution is -2.03. The second-order valence-electron chi connectivity index (χ2n) is 3.32. The summed E-state index contributed by atoms with van der Waals surface area (Å²) in [5.74, 6) is 0. The summed E-state index contributed by atoms with van der Waals surface area (Å²) in [5.41, 5.74) is 8.38. The van der Waals surface area contributed by atoms with Crippen molar-refractivity contribution in [1.82, 2.24) is 15.0 Å². The molecule has 2 N–H and O–H groups in total. The maximum Gasteiger partial charge on any atom is 0.104 e. The quantitative estimate of drug-likeness (QED) is 0.821. The van der Waals surface area contributed by atoms with Gasteiger partial charge in [0.2, 0.25) is 0 Å². The molecule has 15 heavy (non-hydrogen) atoms. The van der Waals surface area contributed by atoms with E-state index < -0.39 is 0 Å². The Morgan fingerprint density at radius 3 is 3.00 bits per heavy atom. The zero-order valence-corrected chi connectivity index (χ0v) is 8.68. The first kappa shape index (κ1) is 9.92. The summed E-state index contributed by atoms with van der Waals surface area (Å²) >= 11 is 0. The molecule has 2 heterocycles. The van der Waals surface area contributed by atoms with Crippen LogP contribution >= 0.6 is 0 Å². The van der Waals surface area contributed by atoms with Crippen LogP contribution in [0.1, 0.15) is 19.0 Å². The maximum absolute atomic E-state index is 5.62. The molecule has 2 aromatic rings. The summed E-state index contributed by atoms with van der Waals surface area (Å²) in [7, 11) is 0. The molecule has 0 unspecified atom stereocenters. The van der Waals surface area contributed by atoms with Crippen molar-refractivity contribution in [2.45, 2.75) is 26.4 Å². The number of hydrogen-bond acceptors (Lipinski definition) is 4. The minimum atomic E-state index is 0.393. The van der Waals surface area contributed by atoms with Crippen LogP contribution in [0.4, 0.5) is 0 Å². The van der Waals surface area contributed by atoms with E-state index in [1.807, 2.05) is 10.7 Å². The highest BCUT2D eigenvalue weighted by Gasteiger charge is 2.13. The van der Waals surface area contributed by atoms with E-state index in [1.54, 1.807) is 12.5 Å². The number of rotatable bonds is 4. The first-order valence-electron chi connectivity index (χ1n) is 5.01. The first-order valence-corrected chi connectivity index (χ1v) is 5.01. The van der Waals surface area contributed by atoms with Crippen molar-refractivity contribution in [3.8, 4) is 11.3 Å². The molecule has 0 spiro atoms. The van der Waals surface area contributed by atoms with Crippen molar-refractivity contribution < 1.29 is 4.42 Å². The third-order valence-corrected chi connectivity index (χ3v) is 2.23. The predicted octanol–water partition coefficient (Wildman–Crippen LogP) is 1.41. The molecule has 0 saturated heterocycles. The Morgan fingerprint density at radius 2 is 2.40 bits per heavy atom. The van der Waals surface area contributed by atoms with Crippen molar-refractivity contribution in [2.24, 2.45) is 5.73 Å². The van der Waals surface area contributed by atoms with E-state index in [1.165, 1.54) is 0 Å². The summed E-state index contributed by atoms with van der Waals surface area (Å²) in [6.45, 7) is 3.33. The second kappa shape index (κ2) is 4.27. The van der Waals surface area contributed by atoms with E-state index >= 15 is 0 Å².